The zero-order chi connectivity index (χ0) is 13.5. The Bertz CT molecular complexity index is 395. The molecule has 1 heterocycles. The van der Waals surface area contributed by atoms with Gasteiger partial charge in [-0.1, -0.05) is 0 Å². The van der Waals surface area contributed by atoms with Crippen molar-refractivity contribution in [3.05, 3.63) is 17.7 Å². The quantitative estimate of drug-likeness (QED) is 0.778. The lowest BCUT2D eigenvalue weighted by atomic mass is 10.1. The van der Waals surface area contributed by atoms with Gasteiger partial charge in [0.2, 0.25) is 5.75 Å². The molecule has 0 saturated heterocycles. The first-order valence-corrected chi connectivity index (χ1v) is 7.90. The third-order valence-corrected chi connectivity index (χ3v) is 3.62. The van der Waals surface area contributed by atoms with E-state index in [0.29, 0.717) is 13.2 Å². The fraction of sp³-hybridized carbons (Fsp3) is 0.571. The highest BCUT2D eigenvalue weighted by molar-refractivity contribution is 7.98. The van der Waals surface area contributed by atoms with E-state index in [9.17, 15) is 0 Å². The molecule has 2 rings (SSSR count). The fourth-order valence-electron chi connectivity index (χ4n) is 2.00. The summed E-state index contributed by atoms with van der Waals surface area (Å²) in [4.78, 5) is 0. The van der Waals surface area contributed by atoms with Gasteiger partial charge in [-0.15, -0.1) is 0 Å². The Morgan fingerprint density at radius 1 is 1.32 bits per heavy atom. The van der Waals surface area contributed by atoms with Gasteiger partial charge in [0.15, 0.2) is 11.5 Å². The topological polar surface area (TPSA) is 39.7 Å². The van der Waals surface area contributed by atoms with Crippen LogP contribution in [-0.4, -0.2) is 38.9 Å². The second-order valence-electron chi connectivity index (χ2n) is 4.35. The number of methoxy groups -OCH3 is 1. The predicted molar refractivity (Wildman–Crippen MR) is 78.7 cm³/mol. The Balaban J connectivity index is 1.97. The third-order valence-electron chi connectivity index (χ3n) is 2.92. The van der Waals surface area contributed by atoms with E-state index >= 15 is 0 Å². The Morgan fingerprint density at radius 3 is 2.95 bits per heavy atom. The van der Waals surface area contributed by atoms with E-state index in [2.05, 4.69) is 11.6 Å². The monoisotopic (exact) mass is 283 g/mol. The first-order valence-electron chi connectivity index (χ1n) is 6.51. The summed E-state index contributed by atoms with van der Waals surface area (Å²) in [7, 11) is 1.66. The van der Waals surface area contributed by atoms with Gasteiger partial charge < -0.3 is 19.5 Å². The van der Waals surface area contributed by atoms with Crippen LogP contribution in [0.2, 0.25) is 0 Å². The lowest BCUT2D eigenvalue weighted by Crippen LogP contribution is -2.18. The van der Waals surface area contributed by atoms with Crippen molar-refractivity contribution < 1.29 is 14.2 Å². The molecule has 1 aliphatic heterocycles. The van der Waals surface area contributed by atoms with E-state index < -0.39 is 0 Å². The van der Waals surface area contributed by atoms with Crippen molar-refractivity contribution in [2.75, 3.05) is 38.9 Å². The molecule has 0 saturated carbocycles. The molecular formula is C14H21NO3S. The summed E-state index contributed by atoms with van der Waals surface area (Å²) in [6.45, 7) is 3.02. The normalized spacial score (nSPS) is 13.4. The molecular weight excluding hydrogens is 262 g/mol. The number of rotatable bonds is 7. The number of hydrogen-bond donors (Lipinski definition) is 1. The average Bonchev–Trinajstić information content (AvgIpc) is 2.46. The van der Waals surface area contributed by atoms with E-state index in [-0.39, 0.29) is 0 Å². The minimum Gasteiger partial charge on any atom is -0.493 e. The highest BCUT2D eigenvalue weighted by atomic mass is 32.2. The van der Waals surface area contributed by atoms with Crippen LogP contribution >= 0.6 is 11.8 Å². The van der Waals surface area contributed by atoms with Gasteiger partial charge in [0.25, 0.3) is 0 Å². The zero-order valence-electron chi connectivity index (χ0n) is 11.5. The van der Waals surface area contributed by atoms with E-state index in [1.54, 1.807) is 7.11 Å². The van der Waals surface area contributed by atoms with Gasteiger partial charge in [-0.2, -0.15) is 11.8 Å². The number of thioether (sulfide) groups is 1. The summed E-state index contributed by atoms with van der Waals surface area (Å²) >= 11 is 1.88. The molecule has 1 aromatic rings. The molecule has 0 fully saturated rings. The molecule has 19 heavy (non-hydrogen) atoms. The number of hydrogen-bond acceptors (Lipinski definition) is 5. The molecule has 1 aliphatic rings. The molecule has 0 radical (unpaired) electrons. The summed E-state index contributed by atoms with van der Waals surface area (Å²) in [5.41, 5.74) is 1.16. The molecule has 0 bridgehead atoms. The first kappa shape index (κ1) is 14.3. The van der Waals surface area contributed by atoms with Crippen molar-refractivity contribution >= 4 is 11.8 Å². The maximum Gasteiger partial charge on any atom is 0.203 e. The number of nitrogens with one attached hydrogen (secondary N) is 1. The van der Waals surface area contributed by atoms with Crippen molar-refractivity contribution in [3.63, 3.8) is 0 Å². The molecule has 1 aromatic carbocycles. The minimum atomic E-state index is 0.579. The van der Waals surface area contributed by atoms with Gasteiger partial charge in [-0.3, -0.25) is 0 Å². The highest BCUT2D eigenvalue weighted by Crippen LogP contribution is 2.40. The molecule has 106 valence electrons. The van der Waals surface area contributed by atoms with Crippen LogP contribution < -0.4 is 19.5 Å². The zero-order valence-corrected chi connectivity index (χ0v) is 12.3. The van der Waals surface area contributed by atoms with Crippen molar-refractivity contribution in [1.82, 2.24) is 5.32 Å². The molecule has 0 spiro atoms. The molecule has 1 N–H and O–H groups in total. The van der Waals surface area contributed by atoms with Crippen molar-refractivity contribution in [2.24, 2.45) is 0 Å². The van der Waals surface area contributed by atoms with Crippen LogP contribution in [0.15, 0.2) is 12.1 Å². The van der Waals surface area contributed by atoms with E-state index in [1.165, 1.54) is 12.2 Å². The predicted octanol–water partition coefficient (Wildman–Crippen LogP) is 2.31. The maximum absolute atomic E-state index is 5.62. The van der Waals surface area contributed by atoms with Crippen molar-refractivity contribution in [3.8, 4) is 17.2 Å². The Labute approximate surface area is 118 Å². The Hall–Kier alpha value is -1.07. The van der Waals surface area contributed by atoms with Gasteiger partial charge in [0, 0.05) is 6.54 Å². The summed E-state index contributed by atoms with van der Waals surface area (Å²) < 4.78 is 16.6. The largest absolute Gasteiger partial charge is 0.493 e. The van der Waals surface area contributed by atoms with Gasteiger partial charge in [-0.05, 0) is 42.7 Å². The van der Waals surface area contributed by atoms with Gasteiger partial charge >= 0.3 is 0 Å². The van der Waals surface area contributed by atoms with E-state index in [1.807, 2.05) is 23.9 Å². The van der Waals surface area contributed by atoms with Gasteiger partial charge in [-0.25, -0.2) is 0 Å². The highest BCUT2D eigenvalue weighted by Gasteiger charge is 2.18. The number of benzene rings is 1. The van der Waals surface area contributed by atoms with Crippen LogP contribution in [0, 0.1) is 0 Å². The average molecular weight is 283 g/mol. The fourth-order valence-corrected chi connectivity index (χ4v) is 2.44. The minimum absolute atomic E-state index is 0.579. The molecule has 5 heteroatoms. The SMILES string of the molecule is COc1cc(CNCCCSC)cc2c1OCCO2. The lowest BCUT2D eigenvalue weighted by molar-refractivity contribution is 0.165. The smallest absolute Gasteiger partial charge is 0.203 e. The van der Waals surface area contributed by atoms with Crippen LogP contribution in [0.3, 0.4) is 0 Å². The third kappa shape index (κ3) is 3.94. The molecule has 0 atom stereocenters. The number of fused-ring (bicyclic) bond motifs is 1. The second-order valence-corrected chi connectivity index (χ2v) is 5.33. The van der Waals surface area contributed by atoms with Crippen LogP contribution in [-0.2, 0) is 6.54 Å². The Kier molecular flexibility index (Phi) is 5.66. The summed E-state index contributed by atoms with van der Waals surface area (Å²) in [5.74, 6) is 3.45. The van der Waals surface area contributed by atoms with Crippen molar-refractivity contribution in [1.29, 1.82) is 0 Å². The molecule has 0 unspecified atom stereocenters. The maximum atomic E-state index is 5.62. The lowest BCUT2D eigenvalue weighted by Gasteiger charge is -2.21. The van der Waals surface area contributed by atoms with Crippen LogP contribution in [0.4, 0.5) is 0 Å². The summed E-state index contributed by atoms with van der Waals surface area (Å²) in [5, 5.41) is 3.43. The van der Waals surface area contributed by atoms with Gasteiger partial charge in [0.05, 0.1) is 7.11 Å². The standard InChI is InChI=1S/C14H21NO3S/c1-16-12-8-11(10-15-4-3-7-19-2)9-13-14(12)18-6-5-17-13/h8-9,15H,3-7,10H2,1-2H3. The van der Waals surface area contributed by atoms with Crippen LogP contribution in [0.25, 0.3) is 0 Å². The van der Waals surface area contributed by atoms with E-state index in [4.69, 9.17) is 14.2 Å². The molecule has 0 aromatic heterocycles. The number of ether oxygens (including phenoxy) is 3. The summed E-state index contributed by atoms with van der Waals surface area (Å²) in [6, 6.07) is 4.04. The van der Waals surface area contributed by atoms with Crippen LogP contribution in [0.5, 0.6) is 17.2 Å². The van der Waals surface area contributed by atoms with E-state index in [0.717, 1.165) is 35.9 Å². The van der Waals surface area contributed by atoms with Crippen molar-refractivity contribution in [2.45, 2.75) is 13.0 Å². The molecule has 0 aliphatic carbocycles. The van der Waals surface area contributed by atoms with Gasteiger partial charge in [0.1, 0.15) is 13.2 Å². The molecule has 0 amide bonds. The van der Waals surface area contributed by atoms with Crippen LogP contribution in [0.1, 0.15) is 12.0 Å². The first-order chi connectivity index (χ1) is 9.35. The summed E-state index contributed by atoms with van der Waals surface area (Å²) in [6.07, 6.45) is 3.31. The molecule has 4 nitrogen and oxygen atoms in total. The Morgan fingerprint density at radius 2 is 2.16 bits per heavy atom. The second kappa shape index (κ2) is 7.50.